The SMILES string of the molecule is NC(=O)N1CCC(C(=O)O)c2ccccc21. The predicted octanol–water partition coefficient (Wildman–Crippen LogP) is 1.14. The van der Waals surface area contributed by atoms with Gasteiger partial charge in [-0.3, -0.25) is 9.69 Å². The topological polar surface area (TPSA) is 83.6 Å². The van der Waals surface area contributed by atoms with Crippen molar-refractivity contribution in [1.29, 1.82) is 0 Å². The first-order valence-corrected chi connectivity index (χ1v) is 5.00. The minimum Gasteiger partial charge on any atom is -0.481 e. The molecule has 0 saturated carbocycles. The zero-order chi connectivity index (χ0) is 11.7. The highest BCUT2D eigenvalue weighted by Gasteiger charge is 2.31. The smallest absolute Gasteiger partial charge is 0.319 e. The molecule has 0 bridgehead atoms. The fourth-order valence-corrected chi connectivity index (χ4v) is 2.05. The van der Waals surface area contributed by atoms with E-state index >= 15 is 0 Å². The van der Waals surface area contributed by atoms with Crippen molar-refractivity contribution < 1.29 is 14.7 Å². The maximum Gasteiger partial charge on any atom is 0.319 e. The molecular formula is C11H12N2O3. The first kappa shape index (κ1) is 10.5. The summed E-state index contributed by atoms with van der Waals surface area (Å²) in [6, 6.07) is 6.42. The van der Waals surface area contributed by atoms with Crippen molar-refractivity contribution in [2.45, 2.75) is 12.3 Å². The van der Waals surface area contributed by atoms with Crippen molar-refractivity contribution in [2.24, 2.45) is 5.73 Å². The molecule has 1 aliphatic heterocycles. The average molecular weight is 220 g/mol. The van der Waals surface area contributed by atoms with Crippen molar-refractivity contribution in [3.63, 3.8) is 0 Å². The zero-order valence-corrected chi connectivity index (χ0v) is 8.59. The number of anilines is 1. The molecule has 5 heteroatoms. The highest BCUT2D eigenvalue weighted by Crippen LogP contribution is 2.34. The number of hydrogen-bond acceptors (Lipinski definition) is 2. The number of primary amides is 1. The van der Waals surface area contributed by atoms with Gasteiger partial charge in [-0.15, -0.1) is 0 Å². The van der Waals surface area contributed by atoms with E-state index in [4.69, 9.17) is 10.8 Å². The number of carbonyl (C=O) groups is 2. The lowest BCUT2D eigenvalue weighted by Crippen LogP contribution is -2.41. The molecular weight excluding hydrogens is 208 g/mol. The lowest BCUT2D eigenvalue weighted by Gasteiger charge is -2.31. The van der Waals surface area contributed by atoms with Gasteiger partial charge in [0, 0.05) is 12.2 Å². The monoisotopic (exact) mass is 220 g/mol. The lowest BCUT2D eigenvalue weighted by molar-refractivity contribution is -0.139. The molecule has 1 aliphatic rings. The van der Waals surface area contributed by atoms with E-state index in [1.165, 1.54) is 4.90 Å². The van der Waals surface area contributed by atoms with E-state index in [0.29, 0.717) is 24.2 Å². The van der Waals surface area contributed by atoms with Crippen LogP contribution in [-0.2, 0) is 4.79 Å². The molecule has 84 valence electrons. The van der Waals surface area contributed by atoms with Crippen molar-refractivity contribution in [3.05, 3.63) is 29.8 Å². The summed E-state index contributed by atoms with van der Waals surface area (Å²) in [6.07, 6.45) is 0.398. The van der Waals surface area contributed by atoms with Crippen LogP contribution < -0.4 is 10.6 Å². The van der Waals surface area contributed by atoms with E-state index in [2.05, 4.69) is 0 Å². The summed E-state index contributed by atoms with van der Waals surface area (Å²) in [5.74, 6) is -1.41. The molecule has 2 amide bonds. The summed E-state index contributed by atoms with van der Waals surface area (Å²) >= 11 is 0. The first-order valence-electron chi connectivity index (χ1n) is 5.00. The Hall–Kier alpha value is -2.04. The van der Waals surface area contributed by atoms with E-state index in [-0.39, 0.29) is 0 Å². The summed E-state index contributed by atoms with van der Waals surface area (Å²) < 4.78 is 0. The molecule has 0 fully saturated rings. The van der Waals surface area contributed by atoms with Gasteiger partial charge in [-0.1, -0.05) is 18.2 Å². The van der Waals surface area contributed by atoms with Gasteiger partial charge in [0.05, 0.1) is 5.92 Å². The Bertz CT molecular complexity index is 404. The van der Waals surface area contributed by atoms with Crippen LogP contribution in [0.3, 0.4) is 0 Å². The van der Waals surface area contributed by atoms with Crippen molar-refractivity contribution in [3.8, 4) is 0 Å². The minimum atomic E-state index is -0.864. The van der Waals surface area contributed by atoms with Gasteiger partial charge in [0.2, 0.25) is 0 Å². The predicted molar refractivity (Wildman–Crippen MR) is 58.4 cm³/mol. The summed E-state index contributed by atoms with van der Waals surface area (Å²) in [5.41, 5.74) is 6.50. The second-order valence-electron chi connectivity index (χ2n) is 3.73. The van der Waals surface area contributed by atoms with Crippen molar-refractivity contribution in [2.75, 3.05) is 11.4 Å². The molecule has 1 aromatic rings. The average Bonchev–Trinajstić information content (AvgIpc) is 2.27. The van der Waals surface area contributed by atoms with Crippen molar-refractivity contribution in [1.82, 2.24) is 0 Å². The maximum absolute atomic E-state index is 11.2. The van der Waals surface area contributed by atoms with Crippen LogP contribution in [0, 0.1) is 0 Å². The normalized spacial score (nSPS) is 19.0. The Kier molecular flexibility index (Phi) is 2.52. The summed E-state index contributed by atoms with van der Waals surface area (Å²) in [6.45, 7) is 0.351. The van der Waals surface area contributed by atoms with Crippen LogP contribution in [0.25, 0.3) is 0 Å². The number of rotatable bonds is 1. The van der Waals surface area contributed by atoms with Gasteiger partial charge in [0.15, 0.2) is 0 Å². The van der Waals surface area contributed by atoms with E-state index in [1.807, 2.05) is 0 Å². The minimum absolute atomic E-state index is 0.351. The third kappa shape index (κ3) is 1.60. The lowest BCUT2D eigenvalue weighted by atomic mass is 9.90. The number of hydrogen-bond donors (Lipinski definition) is 2. The molecule has 5 nitrogen and oxygen atoms in total. The number of para-hydroxylation sites is 1. The highest BCUT2D eigenvalue weighted by molar-refractivity contribution is 5.94. The third-order valence-corrected chi connectivity index (χ3v) is 2.81. The Morgan fingerprint density at radius 3 is 2.69 bits per heavy atom. The molecule has 0 saturated heterocycles. The number of amides is 2. The number of carboxylic acids is 1. The number of aliphatic carboxylic acids is 1. The van der Waals surface area contributed by atoms with Gasteiger partial charge in [-0.05, 0) is 18.1 Å². The van der Waals surface area contributed by atoms with Gasteiger partial charge in [-0.25, -0.2) is 4.79 Å². The van der Waals surface area contributed by atoms with E-state index in [9.17, 15) is 9.59 Å². The number of urea groups is 1. The largest absolute Gasteiger partial charge is 0.481 e. The Morgan fingerprint density at radius 1 is 1.38 bits per heavy atom. The van der Waals surface area contributed by atoms with Gasteiger partial charge in [0.25, 0.3) is 0 Å². The van der Waals surface area contributed by atoms with E-state index in [0.717, 1.165) is 0 Å². The quantitative estimate of drug-likeness (QED) is 0.744. The van der Waals surface area contributed by atoms with Crippen molar-refractivity contribution >= 4 is 17.7 Å². The molecule has 2 rings (SSSR count). The van der Waals surface area contributed by atoms with Gasteiger partial charge in [0.1, 0.15) is 0 Å². The molecule has 1 aromatic carbocycles. The molecule has 1 unspecified atom stereocenters. The Morgan fingerprint density at radius 2 is 2.06 bits per heavy atom. The van der Waals surface area contributed by atoms with Crippen LogP contribution >= 0.6 is 0 Å². The van der Waals surface area contributed by atoms with Gasteiger partial charge >= 0.3 is 12.0 Å². The number of fused-ring (bicyclic) bond motifs is 1. The summed E-state index contributed by atoms with van der Waals surface area (Å²) in [5, 5.41) is 9.08. The fourth-order valence-electron chi connectivity index (χ4n) is 2.05. The zero-order valence-electron chi connectivity index (χ0n) is 8.59. The number of nitrogens with two attached hydrogens (primary N) is 1. The molecule has 16 heavy (non-hydrogen) atoms. The van der Waals surface area contributed by atoms with Gasteiger partial charge < -0.3 is 10.8 Å². The molecule has 0 aliphatic carbocycles. The summed E-state index contributed by atoms with van der Waals surface area (Å²) in [4.78, 5) is 23.7. The molecule has 1 heterocycles. The number of carboxylic acid groups (broad SMARTS) is 1. The van der Waals surface area contributed by atoms with Crippen LogP contribution in [0.4, 0.5) is 10.5 Å². The molecule has 3 N–H and O–H groups in total. The third-order valence-electron chi connectivity index (χ3n) is 2.81. The number of carbonyl (C=O) groups excluding carboxylic acids is 1. The fraction of sp³-hybridized carbons (Fsp3) is 0.273. The van der Waals surface area contributed by atoms with Crippen LogP contribution in [-0.4, -0.2) is 23.7 Å². The van der Waals surface area contributed by atoms with E-state index < -0.39 is 17.9 Å². The van der Waals surface area contributed by atoms with Gasteiger partial charge in [-0.2, -0.15) is 0 Å². The van der Waals surface area contributed by atoms with Crippen LogP contribution in [0.1, 0.15) is 17.9 Å². The standard InChI is InChI=1S/C11H12N2O3/c12-11(16)13-6-5-8(10(14)15)7-3-1-2-4-9(7)13/h1-4,8H,5-6H2,(H2,12,16)(H,14,15). The Labute approximate surface area is 92.5 Å². The molecule has 0 aromatic heterocycles. The maximum atomic E-state index is 11.2. The second kappa shape index (κ2) is 3.84. The number of nitrogens with zero attached hydrogens (tertiary/aromatic N) is 1. The van der Waals surface area contributed by atoms with E-state index in [1.54, 1.807) is 24.3 Å². The Balaban J connectivity index is 2.48. The number of benzene rings is 1. The first-order chi connectivity index (χ1) is 7.61. The highest BCUT2D eigenvalue weighted by atomic mass is 16.4. The van der Waals surface area contributed by atoms with Crippen LogP contribution in [0.2, 0.25) is 0 Å². The van der Waals surface area contributed by atoms with Crippen LogP contribution in [0.5, 0.6) is 0 Å². The molecule has 0 spiro atoms. The molecule has 0 radical (unpaired) electrons. The summed E-state index contributed by atoms with van der Waals surface area (Å²) in [7, 11) is 0. The molecule has 1 atom stereocenters. The second-order valence-corrected chi connectivity index (χ2v) is 3.73. The van der Waals surface area contributed by atoms with Crippen LogP contribution in [0.15, 0.2) is 24.3 Å².